The molecule has 3 nitrogen and oxygen atoms in total. The molecule has 0 atom stereocenters. The van der Waals surface area contributed by atoms with Crippen molar-refractivity contribution in [2.24, 2.45) is 0 Å². The lowest BCUT2D eigenvalue weighted by Gasteiger charge is -2.18. The molecular formula is C9H8O3. The molecule has 0 bridgehead atoms. The number of hydrogen-bond acceptors (Lipinski definition) is 3. The lowest BCUT2D eigenvalue weighted by atomic mass is 10.0. The highest BCUT2D eigenvalue weighted by atomic mass is 17.4. The molecule has 1 aromatic rings. The first kappa shape index (κ1) is 6.60. The molecule has 0 aliphatic carbocycles. The summed E-state index contributed by atoms with van der Waals surface area (Å²) in [6, 6.07) is 8.02. The Bertz CT molecular complexity index is 317. The molecular weight excluding hydrogens is 156 g/mol. The molecule has 0 saturated carbocycles. The van der Waals surface area contributed by atoms with E-state index in [1.807, 2.05) is 18.2 Å². The van der Waals surface area contributed by atoms with E-state index < -0.39 is 5.97 Å². The predicted octanol–water partition coefficient (Wildman–Crippen LogP) is 1.33. The molecule has 2 aliphatic heterocycles. The van der Waals surface area contributed by atoms with Gasteiger partial charge < -0.3 is 4.74 Å². The smallest absolute Gasteiger partial charge is 0.320 e. The molecule has 2 heterocycles. The normalized spacial score (nSPS) is 23.7. The van der Waals surface area contributed by atoms with E-state index in [1.54, 1.807) is 0 Å². The maximum absolute atomic E-state index is 5.36. The van der Waals surface area contributed by atoms with Gasteiger partial charge in [-0.2, -0.15) is 9.78 Å². The van der Waals surface area contributed by atoms with Gasteiger partial charge >= 0.3 is 5.97 Å². The summed E-state index contributed by atoms with van der Waals surface area (Å²) in [6.45, 7) is 0.664. The molecule has 1 fully saturated rings. The molecule has 0 unspecified atom stereocenters. The Morgan fingerprint density at radius 3 is 2.83 bits per heavy atom. The van der Waals surface area contributed by atoms with Gasteiger partial charge in [0.15, 0.2) is 0 Å². The maximum Gasteiger partial charge on any atom is 0.367 e. The van der Waals surface area contributed by atoms with Crippen LogP contribution in [-0.2, 0) is 26.9 Å². The molecule has 1 spiro atoms. The summed E-state index contributed by atoms with van der Waals surface area (Å²) >= 11 is 0. The zero-order valence-corrected chi connectivity index (χ0v) is 6.45. The highest BCUT2D eigenvalue weighted by Gasteiger charge is 2.55. The average Bonchev–Trinajstić information content (AvgIpc) is 2.87. The van der Waals surface area contributed by atoms with Crippen LogP contribution < -0.4 is 0 Å². The second-order valence-electron chi connectivity index (χ2n) is 2.98. The van der Waals surface area contributed by atoms with Crippen LogP contribution in [0.3, 0.4) is 0 Å². The monoisotopic (exact) mass is 164 g/mol. The molecule has 1 saturated heterocycles. The molecule has 0 aromatic heterocycles. The molecule has 3 rings (SSSR count). The number of rotatable bonds is 0. The van der Waals surface area contributed by atoms with Crippen molar-refractivity contribution in [1.82, 2.24) is 0 Å². The predicted molar refractivity (Wildman–Crippen MR) is 39.9 cm³/mol. The van der Waals surface area contributed by atoms with Crippen LogP contribution in [-0.4, -0.2) is 6.61 Å². The zero-order valence-electron chi connectivity index (χ0n) is 6.45. The minimum absolute atomic E-state index is 0.664. The Kier molecular flexibility index (Phi) is 1.14. The van der Waals surface area contributed by atoms with Gasteiger partial charge in [-0.25, -0.2) is 0 Å². The third-order valence-corrected chi connectivity index (χ3v) is 2.25. The number of ether oxygens (including phenoxy) is 1. The van der Waals surface area contributed by atoms with Crippen LogP contribution in [0.5, 0.6) is 0 Å². The first-order chi connectivity index (χ1) is 5.91. The van der Waals surface area contributed by atoms with Crippen molar-refractivity contribution in [1.29, 1.82) is 0 Å². The summed E-state index contributed by atoms with van der Waals surface area (Å²) in [5.41, 5.74) is 2.26. The van der Waals surface area contributed by atoms with Crippen LogP contribution in [0, 0.1) is 0 Å². The van der Waals surface area contributed by atoms with E-state index in [-0.39, 0.29) is 0 Å². The molecule has 12 heavy (non-hydrogen) atoms. The van der Waals surface area contributed by atoms with Crippen LogP contribution in [0.1, 0.15) is 11.1 Å². The lowest BCUT2D eigenvalue weighted by molar-refractivity contribution is -0.0693. The third-order valence-electron chi connectivity index (χ3n) is 2.25. The van der Waals surface area contributed by atoms with E-state index in [1.165, 1.54) is 5.56 Å². The van der Waals surface area contributed by atoms with Crippen molar-refractivity contribution in [3.8, 4) is 0 Å². The van der Waals surface area contributed by atoms with Crippen molar-refractivity contribution in [3.63, 3.8) is 0 Å². The van der Waals surface area contributed by atoms with E-state index >= 15 is 0 Å². The number of benzene rings is 1. The minimum atomic E-state index is -0.838. The summed E-state index contributed by atoms with van der Waals surface area (Å²) in [5.74, 6) is -0.838. The van der Waals surface area contributed by atoms with Gasteiger partial charge in [0.2, 0.25) is 0 Å². The van der Waals surface area contributed by atoms with Gasteiger partial charge in [-0.05, 0) is 12.0 Å². The number of fused-ring (bicyclic) bond motifs is 2. The lowest BCUT2D eigenvalue weighted by Crippen LogP contribution is -2.22. The molecule has 1 aromatic carbocycles. The Morgan fingerprint density at radius 2 is 2.00 bits per heavy atom. The van der Waals surface area contributed by atoms with E-state index in [9.17, 15) is 0 Å². The fourth-order valence-electron chi connectivity index (χ4n) is 1.59. The molecule has 2 aliphatic rings. The van der Waals surface area contributed by atoms with Crippen LogP contribution in [0.2, 0.25) is 0 Å². The van der Waals surface area contributed by atoms with Crippen LogP contribution in [0.25, 0.3) is 0 Å². The van der Waals surface area contributed by atoms with Crippen LogP contribution >= 0.6 is 0 Å². The van der Waals surface area contributed by atoms with Gasteiger partial charge in [0, 0.05) is 5.56 Å². The van der Waals surface area contributed by atoms with Gasteiger partial charge in [0.1, 0.15) is 0 Å². The SMILES string of the molecule is c1ccc2c(c1)CCOC21OO1. The van der Waals surface area contributed by atoms with Gasteiger partial charge in [0.25, 0.3) is 0 Å². The molecule has 0 radical (unpaired) electrons. The third kappa shape index (κ3) is 0.756. The first-order valence-corrected chi connectivity index (χ1v) is 4.00. The van der Waals surface area contributed by atoms with E-state index in [2.05, 4.69) is 6.07 Å². The Labute approximate surface area is 69.8 Å². The second-order valence-corrected chi connectivity index (χ2v) is 2.98. The van der Waals surface area contributed by atoms with Crippen molar-refractivity contribution >= 4 is 0 Å². The Balaban J connectivity index is 2.16. The van der Waals surface area contributed by atoms with E-state index in [0.717, 1.165) is 12.0 Å². The summed E-state index contributed by atoms with van der Waals surface area (Å²) < 4.78 is 5.36. The highest BCUT2D eigenvalue weighted by Crippen LogP contribution is 2.45. The Hall–Kier alpha value is -0.900. The summed E-state index contributed by atoms with van der Waals surface area (Å²) in [5, 5.41) is 0. The first-order valence-electron chi connectivity index (χ1n) is 4.00. The van der Waals surface area contributed by atoms with E-state index in [4.69, 9.17) is 14.5 Å². The molecule has 62 valence electrons. The largest absolute Gasteiger partial charge is 0.367 e. The average molecular weight is 164 g/mol. The van der Waals surface area contributed by atoms with Gasteiger partial charge in [-0.3, -0.25) is 0 Å². The summed E-state index contributed by atoms with van der Waals surface area (Å²) in [4.78, 5) is 9.68. The number of hydrogen-bond donors (Lipinski definition) is 0. The highest BCUT2D eigenvalue weighted by molar-refractivity contribution is 5.32. The summed E-state index contributed by atoms with van der Waals surface area (Å²) in [7, 11) is 0. The fourth-order valence-corrected chi connectivity index (χ4v) is 1.59. The molecule has 0 amide bonds. The van der Waals surface area contributed by atoms with Crippen molar-refractivity contribution in [2.75, 3.05) is 6.61 Å². The topological polar surface area (TPSA) is 34.3 Å². The molecule has 0 N–H and O–H groups in total. The van der Waals surface area contributed by atoms with Crippen molar-refractivity contribution < 1.29 is 14.5 Å². The van der Waals surface area contributed by atoms with Gasteiger partial charge in [-0.1, -0.05) is 24.3 Å². The van der Waals surface area contributed by atoms with Crippen molar-refractivity contribution in [2.45, 2.75) is 12.4 Å². The second kappa shape index (κ2) is 2.07. The standard InChI is InChI=1S/C9H8O3/c1-2-4-8-7(3-1)5-6-10-9(8)11-12-9/h1-4H,5-6H2. The molecule has 3 heteroatoms. The minimum Gasteiger partial charge on any atom is -0.320 e. The van der Waals surface area contributed by atoms with Gasteiger partial charge in [0.05, 0.1) is 6.61 Å². The van der Waals surface area contributed by atoms with E-state index in [0.29, 0.717) is 6.61 Å². The fraction of sp³-hybridized carbons (Fsp3) is 0.333. The van der Waals surface area contributed by atoms with Crippen LogP contribution in [0.4, 0.5) is 0 Å². The quantitative estimate of drug-likeness (QED) is 0.428. The van der Waals surface area contributed by atoms with Crippen LogP contribution in [0.15, 0.2) is 24.3 Å². The maximum atomic E-state index is 5.36. The summed E-state index contributed by atoms with van der Waals surface area (Å²) in [6.07, 6.45) is 0.935. The Morgan fingerprint density at radius 1 is 1.17 bits per heavy atom. The van der Waals surface area contributed by atoms with Gasteiger partial charge in [-0.15, -0.1) is 0 Å². The van der Waals surface area contributed by atoms with Crippen molar-refractivity contribution in [3.05, 3.63) is 35.4 Å². The zero-order chi connectivity index (χ0) is 8.02.